The van der Waals surface area contributed by atoms with E-state index in [4.69, 9.17) is 9.84 Å². The fourth-order valence-corrected chi connectivity index (χ4v) is 2.47. The van der Waals surface area contributed by atoms with Crippen molar-refractivity contribution in [3.8, 4) is 0 Å². The first kappa shape index (κ1) is 12.4. The van der Waals surface area contributed by atoms with E-state index in [1.54, 1.807) is 0 Å². The van der Waals surface area contributed by atoms with Gasteiger partial charge in [0.05, 0.1) is 13.2 Å². The van der Waals surface area contributed by atoms with Gasteiger partial charge in [-0.3, -0.25) is 4.79 Å². The molecule has 1 rings (SSSR count). The van der Waals surface area contributed by atoms with E-state index in [2.05, 4.69) is 0 Å². The Morgan fingerprint density at radius 2 is 2.13 bits per heavy atom. The number of carbonyl (C=O) groups is 1. The highest BCUT2D eigenvalue weighted by Crippen LogP contribution is 2.14. The Bertz CT molecular complexity index is 339. The zero-order valence-electron chi connectivity index (χ0n) is 8.58. The van der Waals surface area contributed by atoms with Gasteiger partial charge in [-0.1, -0.05) is 0 Å². The van der Waals surface area contributed by atoms with E-state index in [1.807, 2.05) is 0 Å². The summed E-state index contributed by atoms with van der Waals surface area (Å²) in [7, 11) is -0.959. The van der Waals surface area contributed by atoms with Crippen LogP contribution in [-0.4, -0.2) is 68.0 Å². The molecule has 0 aromatic rings. The van der Waals surface area contributed by atoms with Crippen LogP contribution in [0.15, 0.2) is 0 Å². The number of nitrogens with zero attached hydrogens (tertiary/aromatic N) is 2. The largest absolute Gasteiger partial charge is 0.480 e. The minimum atomic E-state index is -3.69. The van der Waals surface area contributed by atoms with E-state index in [0.717, 1.165) is 8.61 Å². The Labute approximate surface area is 88.4 Å². The molecule has 1 atom stereocenters. The van der Waals surface area contributed by atoms with Gasteiger partial charge in [-0.25, -0.2) is 0 Å². The lowest BCUT2D eigenvalue weighted by atomic mass is 10.3. The van der Waals surface area contributed by atoms with Crippen LogP contribution in [0, 0.1) is 0 Å². The van der Waals surface area contributed by atoms with Gasteiger partial charge in [-0.15, -0.1) is 0 Å². The highest BCUT2D eigenvalue weighted by atomic mass is 32.2. The number of carboxylic acid groups (broad SMARTS) is 1. The molecule has 1 saturated heterocycles. The summed E-state index contributed by atoms with van der Waals surface area (Å²) in [5.74, 6) is -1.19. The van der Waals surface area contributed by atoms with Gasteiger partial charge in [0.15, 0.2) is 0 Å². The first-order chi connectivity index (χ1) is 6.87. The summed E-state index contributed by atoms with van der Waals surface area (Å²) in [5, 5.41) is 8.85. The summed E-state index contributed by atoms with van der Waals surface area (Å²) in [4.78, 5) is 10.8. The van der Waals surface area contributed by atoms with Crippen LogP contribution in [0.1, 0.15) is 0 Å². The van der Waals surface area contributed by atoms with Gasteiger partial charge in [-0.2, -0.15) is 17.0 Å². The van der Waals surface area contributed by atoms with E-state index in [0.29, 0.717) is 0 Å². The molecule has 0 aromatic heterocycles. The minimum Gasteiger partial charge on any atom is -0.480 e. The molecule has 1 heterocycles. The van der Waals surface area contributed by atoms with Crippen LogP contribution < -0.4 is 0 Å². The molecule has 1 aliphatic heterocycles. The Hall–Kier alpha value is -0.700. The summed E-state index contributed by atoms with van der Waals surface area (Å²) in [6.45, 7) is 0.177. The molecule has 0 saturated carbocycles. The van der Waals surface area contributed by atoms with Crippen molar-refractivity contribution in [2.24, 2.45) is 0 Å². The van der Waals surface area contributed by atoms with E-state index in [-0.39, 0.29) is 19.8 Å². The molecule has 0 spiro atoms. The van der Waals surface area contributed by atoms with E-state index in [1.165, 1.54) is 14.1 Å². The normalized spacial score (nSPS) is 24.3. The Morgan fingerprint density at radius 1 is 1.53 bits per heavy atom. The van der Waals surface area contributed by atoms with Crippen molar-refractivity contribution in [1.29, 1.82) is 0 Å². The number of rotatable bonds is 3. The summed E-state index contributed by atoms with van der Waals surface area (Å²) < 4.78 is 30.3. The van der Waals surface area contributed by atoms with Crippen LogP contribution in [0.3, 0.4) is 0 Å². The van der Waals surface area contributed by atoms with Crippen LogP contribution in [0.25, 0.3) is 0 Å². The van der Waals surface area contributed by atoms with Crippen molar-refractivity contribution in [3.05, 3.63) is 0 Å². The second-order valence-electron chi connectivity index (χ2n) is 3.33. The van der Waals surface area contributed by atoms with Gasteiger partial charge in [0.1, 0.15) is 6.04 Å². The van der Waals surface area contributed by atoms with E-state index < -0.39 is 22.2 Å². The lowest BCUT2D eigenvalue weighted by Gasteiger charge is -2.33. The SMILES string of the molecule is CN(C)S(=O)(=O)N1CCOC[C@@H]1C(=O)O. The van der Waals surface area contributed by atoms with E-state index in [9.17, 15) is 13.2 Å². The molecular formula is C7H14N2O5S. The Balaban J connectivity index is 2.95. The third-order valence-electron chi connectivity index (χ3n) is 2.12. The molecule has 8 heteroatoms. The Morgan fingerprint density at radius 3 is 2.60 bits per heavy atom. The summed E-state index contributed by atoms with van der Waals surface area (Å²) in [6.07, 6.45) is 0. The summed E-state index contributed by atoms with van der Waals surface area (Å²) in [6, 6.07) is -1.13. The van der Waals surface area contributed by atoms with Crippen molar-refractivity contribution in [2.75, 3.05) is 33.9 Å². The second kappa shape index (κ2) is 4.44. The monoisotopic (exact) mass is 238 g/mol. The number of carboxylic acids is 1. The fourth-order valence-electron chi connectivity index (χ4n) is 1.27. The standard InChI is InChI=1S/C7H14N2O5S/c1-8(2)15(12,13)9-3-4-14-5-6(9)7(10)11/h6H,3-5H2,1-2H3,(H,10,11)/t6-/m1/s1. The fraction of sp³-hybridized carbons (Fsp3) is 0.857. The van der Waals surface area contributed by atoms with Crippen molar-refractivity contribution in [3.63, 3.8) is 0 Å². The molecule has 0 aromatic carbocycles. The molecule has 0 aliphatic carbocycles. The number of ether oxygens (including phenoxy) is 1. The van der Waals surface area contributed by atoms with Crippen LogP contribution in [0.4, 0.5) is 0 Å². The number of hydrogen-bond donors (Lipinski definition) is 1. The molecule has 1 aliphatic rings. The highest BCUT2D eigenvalue weighted by molar-refractivity contribution is 7.86. The van der Waals surface area contributed by atoms with Gasteiger partial charge in [0, 0.05) is 20.6 Å². The quantitative estimate of drug-likeness (QED) is 0.652. The molecule has 15 heavy (non-hydrogen) atoms. The van der Waals surface area contributed by atoms with Crippen LogP contribution in [-0.2, 0) is 19.7 Å². The molecule has 0 bridgehead atoms. The molecule has 88 valence electrons. The van der Waals surface area contributed by atoms with Crippen molar-refractivity contribution >= 4 is 16.2 Å². The van der Waals surface area contributed by atoms with Crippen LogP contribution in [0.5, 0.6) is 0 Å². The lowest BCUT2D eigenvalue weighted by Crippen LogP contribution is -2.55. The molecule has 0 amide bonds. The zero-order chi connectivity index (χ0) is 11.6. The Kier molecular flexibility index (Phi) is 3.66. The van der Waals surface area contributed by atoms with Crippen molar-refractivity contribution in [2.45, 2.75) is 6.04 Å². The predicted octanol–water partition coefficient (Wildman–Crippen LogP) is -1.42. The lowest BCUT2D eigenvalue weighted by molar-refractivity contribution is -0.146. The smallest absolute Gasteiger partial charge is 0.324 e. The summed E-state index contributed by atoms with van der Waals surface area (Å²) in [5.41, 5.74) is 0. The molecule has 7 nitrogen and oxygen atoms in total. The maximum Gasteiger partial charge on any atom is 0.324 e. The predicted molar refractivity (Wildman–Crippen MR) is 51.6 cm³/mol. The van der Waals surface area contributed by atoms with Crippen molar-refractivity contribution in [1.82, 2.24) is 8.61 Å². The third kappa shape index (κ3) is 2.46. The molecular weight excluding hydrogens is 224 g/mol. The summed E-state index contributed by atoms with van der Waals surface area (Å²) >= 11 is 0. The molecule has 1 fully saturated rings. The van der Waals surface area contributed by atoms with Gasteiger partial charge in [-0.05, 0) is 0 Å². The first-order valence-electron chi connectivity index (χ1n) is 4.37. The van der Waals surface area contributed by atoms with Crippen LogP contribution in [0.2, 0.25) is 0 Å². The maximum absolute atomic E-state index is 11.7. The minimum absolute atomic E-state index is 0.0669. The number of hydrogen-bond acceptors (Lipinski definition) is 4. The first-order valence-corrected chi connectivity index (χ1v) is 5.77. The van der Waals surface area contributed by atoms with Gasteiger partial charge >= 0.3 is 5.97 Å². The average Bonchev–Trinajstić information content (AvgIpc) is 2.17. The van der Waals surface area contributed by atoms with Gasteiger partial charge in [0.2, 0.25) is 0 Å². The highest BCUT2D eigenvalue weighted by Gasteiger charge is 2.38. The van der Waals surface area contributed by atoms with Crippen molar-refractivity contribution < 1.29 is 23.1 Å². The molecule has 1 N–H and O–H groups in total. The molecule has 0 unspecified atom stereocenters. The van der Waals surface area contributed by atoms with Gasteiger partial charge in [0.25, 0.3) is 10.2 Å². The zero-order valence-corrected chi connectivity index (χ0v) is 9.40. The van der Waals surface area contributed by atoms with E-state index >= 15 is 0 Å². The topological polar surface area (TPSA) is 87.2 Å². The van der Waals surface area contributed by atoms with Gasteiger partial charge < -0.3 is 9.84 Å². The van der Waals surface area contributed by atoms with Crippen LogP contribution >= 0.6 is 0 Å². The average molecular weight is 238 g/mol. The molecule has 0 radical (unpaired) electrons. The maximum atomic E-state index is 11.7. The number of morpholine rings is 1. The second-order valence-corrected chi connectivity index (χ2v) is 5.42. The third-order valence-corrected chi connectivity index (χ3v) is 4.07. The number of aliphatic carboxylic acids is 1.